The number of hydrogen-bond donors (Lipinski definition) is 0. The summed E-state index contributed by atoms with van der Waals surface area (Å²) in [7, 11) is 1.34. The van der Waals surface area contributed by atoms with E-state index in [-0.39, 0.29) is 6.79 Å². The monoisotopic (exact) mass is 306 g/mol. The van der Waals surface area contributed by atoms with Crippen molar-refractivity contribution >= 4 is 28.6 Å². The summed E-state index contributed by atoms with van der Waals surface area (Å²) in [5, 5.41) is 0. The van der Waals surface area contributed by atoms with Gasteiger partial charge in [-0.3, -0.25) is 0 Å². The highest BCUT2D eigenvalue weighted by atomic mass is 127. The molecule has 0 atom stereocenters. The second-order valence-electron chi connectivity index (χ2n) is 2.68. The summed E-state index contributed by atoms with van der Waals surface area (Å²) in [5.41, 5.74) is 0.409. The second-order valence-corrected chi connectivity index (χ2v) is 3.92. The molecule has 5 heteroatoms. The summed E-state index contributed by atoms with van der Waals surface area (Å²) in [6.07, 6.45) is 0. The zero-order valence-corrected chi connectivity index (χ0v) is 9.53. The third-order valence-corrected chi connectivity index (χ3v) is 2.47. The number of halogens is 1. The summed E-state index contributed by atoms with van der Waals surface area (Å²) in [5.74, 6) is 0.653. The third-order valence-electron chi connectivity index (χ3n) is 1.84. The molecule has 0 saturated heterocycles. The lowest BCUT2D eigenvalue weighted by Crippen LogP contribution is -2.03. The van der Waals surface area contributed by atoms with Crippen LogP contribution >= 0.6 is 22.6 Å². The molecule has 0 saturated carbocycles. The fourth-order valence-electron chi connectivity index (χ4n) is 1.24. The van der Waals surface area contributed by atoms with Gasteiger partial charge in [-0.25, -0.2) is 4.79 Å². The van der Waals surface area contributed by atoms with Crippen molar-refractivity contribution in [2.24, 2.45) is 0 Å². The van der Waals surface area contributed by atoms with Gasteiger partial charge in [0.2, 0.25) is 6.79 Å². The Bertz CT molecular complexity index is 389. The Hall–Kier alpha value is -0.980. The van der Waals surface area contributed by atoms with Crippen molar-refractivity contribution in [1.82, 2.24) is 0 Å². The third kappa shape index (κ3) is 1.52. The molecule has 1 aromatic rings. The molecule has 1 heterocycles. The Morgan fingerprint density at radius 3 is 3.00 bits per heavy atom. The molecule has 0 N–H and O–H groups in total. The van der Waals surface area contributed by atoms with Crippen LogP contribution in [0.1, 0.15) is 10.4 Å². The van der Waals surface area contributed by atoms with Crippen LogP contribution in [0, 0.1) is 3.57 Å². The van der Waals surface area contributed by atoms with Crippen LogP contribution in [0.4, 0.5) is 0 Å². The van der Waals surface area contributed by atoms with E-state index in [1.807, 2.05) is 6.07 Å². The number of benzene rings is 1. The summed E-state index contributed by atoms with van der Waals surface area (Å²) < 4.78 is 15.9. The van der Waals surface area contributed by atoms with Crippen molar-refractivity contribution in [3.05, 3.63) is 21.3 Å². The lowest BCUT2D eigenvalue weighted by molar-refractivity contribution is 0.0596. The lowest BCUT2D eigenvalue weighted by atomic mass is 10.2. The van der Waals surface area contributed by atoms with Crippen LogP contribution in [0.25, 0.3) is 0 Å². The van der Waals surface area contributed by atoms with E-state index < -0.39 is 5.97 Å². The maximum absolute atomic E-state index is 11.4. The summed E-state index contributed by atoms with van der Waals surface area (Å²) in [6.45, 7) is 0.152. The average Bonchev–Trinajstić information content (AvgIpc) is 2.62. The van der Waals surface area contributed by atoms with E-state index >= 15 is 0 Å². The average molecular weight is 306 g/mol. The first-order valence-corrected chi connectivity index (χ1v) is 4.97. The molecule has 1 aromatic carbocycles. The number of carbonyl (C=O) groups excluding carboxylic acids is 1. The van der Waals surface area contributed by atoms with Gasteiger partial charge in [0.15, 0.2) is 11.5 Å². The highest BCUT2D eigenvalue weighted by Crippen LogP contribution is 2.37. The summed E-state index contributed by atoms with van der Waals surface area (Å²) >= 11 is 2.11. The van der Waals surface area contributed by atoms with Crippen LogP contribution < -0.4 is 9.47 Å². The van der Waals surface area contributed by atoms with Crippen LogP contribution in [0.15, 0.2) is 12.1 Å². The van der Waals surface area contributed by atoms with Crippen LogP contribution in [-0.2, 0) is 4.74 Å². The highest BCUT2D eigenvalue weighted by Gasteiger charge is 2.23. The Morgan fingerprint density at radius 2 is 2.29 bits per heavy atom. The van der Waals surface area contributed by atoms with Gasteiger partial charge in [-0.15, -0.1) is 0 Å². The van der Waals surface area contributed by atoms with Crippen LogP contribution in [0.2, 0.25) is 0 Å². The molecule has 0 bridgehead atoms. The molecule has 1 aliphatic rings. The fourth-order valence-corrected chi connectivity index (χ4v) is 1.83. The van der Waals surface area contributed by atoms with Gasteiger partial charge in [0.25, 0.3) is 0 Å². The molecule has 0 aliphatic carbocycles. The van der Waals surface area contributed by atoms with Gasteiger partial charge in [-0.05, 0) is 34.7 Å². The molecule has 74 valence electrons. The van der Waals surface area contributed by atoms with Gasteiger partial charge < -0.3 is 14.2 Å². The molecule has 1 aliphatic heterocycles. The number of fused-ring (bicyclic) bond motifs is 1. The fraction of sp³-hybridized carbons (Fsp3) is 0.222. The molecule has 0 spiro atoms. The molecule has 0 amide bonds. The van der Waals surface area contributed by atoms with Crippen LogP contribution in [-0.4, -0.2) is 19.9 Å². The van der Waals surface area contributed by atoms with E-state index in [4.69, 9.17) is 9.47 Å². The molecule has 0 radical (unpaired) electrons. The quantitative estimate of drug-likeness (QED) is 0.586. The zero-order chi connectivity index (χ0) is 10.1. The molecule has 14 heavy (non-hydrogen) atoms. The molecule has 0 fully saturated rings. The smallest absolute Gasteiger partial charge is 0.341 e. The van der Waals surface area contributed by atoms with E-state index in [0.29, 0.717) is 17.1 Å². The van der Waals surface area contributed by atoms with Gasteiger partial charge in [-0.1, -0.05) is 0 Å². The van der Waals surface area contributed by atoms with Crippen molar-refractivity contribution in [3.63, 3.8) is 0 Å². The predicted octanol–water partition coefficient (Wildman–Crippen LogP) is 1.81. The number of rotatable bonds is 1. The molecule has 4 nitrogen and oxygen atoms in total. The normalized spacial score (nSPS) is 12.7. The van der Waals surface area contributed by atoms with Crippen LogP contribution in [0.5, 0.6) is 11.5 Å². The minimum absolute atomic E-state index is 0.152. The SMILES string of the molecule is COC(=O)c1cc(I)cc2c1OCO2. The number of esters is 1. The molecule has 0 aromatic heterocycles. The Labute approximate surface area is 94.3 Å². The zero-order valence-electron chi connectivity index (χ0n) is 7.37. The Balaban J connectivity index is 2.54. The second kappa shape index (κ2) is 3.64. The van der Waals surface area contributed by atoms with Gasteiger partial charge in [0.05, 0.1) is 7.11 Å². The minimum Gasteiger partial charge on any atom is -0.465 e. The molecule has 0 unspecified atom stereocenters. The maximum Gasteiger partial charge on any atom is 0.341 e. The summed E-state index contributed by atoms with van der Waals surface area (Å²) in [6, 6.07) is 3.52. The topological polar surface area (TPSA) is 44.8 Å². The van der Waals surface area contributed by atoms with E-state index in [9.17, 15) is 4.79 Å². The Kier molecular flexibility index (Phi) is 2.49. The van der Waals surface area contributed by atoms with Crippen molar-refractivity contribution < 1.29 is 19.0 Å². The number of ether oxygens (including phenoxy) is 3. The highest BCUT2D eigenvalue weighted by molar-refractivity contribution is 14.1. The van der Waals surface area contributed by atoms with Crippen LogP contribution in [0.3, 0.4) is 0 Å². The molecular formula is C9H7IO4. The first kappa shape index (κ1) is 9.57. The van der Waals surface area contributed by atoms with E-state index in [1.54, 1.807) is 6.07 Å². The van der Waals surface area contributed by atoms with Gasteiger partial charge in [-0.2, -0.15) is 0 Å². The first-order chi connectivity index (χ1) is 6.72. The minimum atomic E-state index is -0.412. The van der Waals surface area contributed by atoms with Gasteiger partial charge in [0.1, 0.15) is 5.56 Å². The number of carbonyl (C=O) groups is 1. The van der Waals surface area contributed by atoms with E-state index in [2.05, 4.69) is 27.3 Å². The van der Waals surface area contributed by atoms with Crippen molar-refractivity contribution in [3.8, 4) is 11.5 Å². The number of methoxy groups -OCH3 is 1. The van der Waals surface area contributed by atoms with Crippen molar-refractivity contribution in [1.29, 1.82) is 0 Å². The Morgan fingerprint density at radius 1 is 1.50 bits per heavy atom. The summed E-state index contributed by atoms with van der Waals surface area (Å²) in [4.78, 5) is 11.4. The van der Waals surface area contributed by atoms with Gasteiger partial charge in [0, 0.05) is 3.57 Å². The first-order valence-electron chi connectivity index (χ1n) is 3.90. The van der Waals surface area contributed by atoms with E-state index in [1.165, 1.54) is 7.11 Å². The predicted molar refractivity (Wildman–Crippen MR) is 56.6 cm³/mol. The molecule has 2 rings (SSSR count). The standard InChI is InChI=1S/C9H7IO4/c1-12-9(11)6-2-5(10)3-7-8(6)14-4-13-7/h2-3H,4H2,1H3. The number of hydrogen-bond acceptors (Lipinski definition) is 4. The van der Waals surface area contributed by atoms with Crippen molar-refractivity contribution in [2.45, 2.75) is 0 Å². The molecular weight excluding hydrogens is 299 g/mol. The van der Waals surface area contributed by atoms with E-state index in [0.717, 1.165) is 3.57 Å². The largest absolute Gasteiger partial charge is 0.465 e. The maximum atomic E-state index is 11.4. The van der Waals surface area contributed by atoms with Gasteiger partial charge >= 0.3 is 5.97 Å². The lowest BCUT2D eigenvalue weighted by Gasteiger charge is -2.04. The van der Waals surface area contributed by atoms with Crippen molar-refractivity contribution in [2.75, 3.05) is 13.9 Å².